The Kier molecular flexibility index (Phi) is 17.2. The van der Waals surface area contributed by atoms with E-state index in [1.807, 2.05) is 0 Å². The molecule has 0 amide bonds. The number of rotatable bonds is 18. The molecule has 2 atom stereocenters. The van der Waals surface area contributed by atoms with Crippen molar-refractivity contribution in [3.05, 3.63) is 0 Å². The summed E-state index contributed by atoms with van der Waals surface area (Å²) < 4.78 is 31.7. The highest BCUT2D eigenvalue weighted by molar-refractivity contribution is 9.09. The van der Waals surface area contributed by atoms with E-state index in [0.29, 0.717) is 11.9 Å². The number of alkyl halides is 1. The van der Waals surface area contributed by atoms with E-state index in [2.05, 4.69) is 22.9 Å². The molecule has 0 bridgehead atoms. The van der Waals surface area contributed by atoms with E-state index < -0.39 is 19.9 Å². The quantitative estimate of drug-likeness (QED) is 0.138. The second-order valence-corrected chi connectivity index (χ2v) is 8.31. The molecule has 0 saturated heterocycles. The average Bonchev–Trinajstić information content (AvgIpc) is 2.59. The van der Waals surface area contributed by atoms with Crippen LogP contribution < -0.4 is 0 Å². The second-order valence-electron chi connectivity index (χ2n) is 6.07. The standard InChI is InChI=1S/C17H34BrO7P/c1-3-4-5-6-7-8-9-10-12-22-14-17(25-16(2)19)15-24-26(20,21)23-13-11-18/h17H,3-15H2,1-2H3,(H,20,21)/t17-/m1/s1. The van der Waals surface area contributed by atoms with Gasteiger partial charge in [0.05, 0.1) is 19.8 Å². The maximum absolute atomic E-state index is 11.6. The van der Waals surface area contributed by atoms with Crippen LogP contribution in [-0.2, 0) is 27.9 Å². The van der Waals surface area contributed by atoms with Gasteiger partial charge in [0, 0.05) is 18.9 Å². The fraction of sp³-hybridized carbons (Fsp3) is 0.941. The fourth-order valence-corrected chi connectivity index (χ4v) is 3.43. The number of esters is 1. The summed E-state index contributed by atoms with van der Waals surface area (Å²) in [4.78, 5) is 20.6. The zero-order valence-corrected chi connectivity index (χ0v) is 18.5. The van der Waals surface area contributed by atoms with Crippen LogP contribution in [0.15, 0.2) is 0 Å². The van der Waals surface area contributed by atoms with Gasteiger partial charge in [0.15, 0.2) is 0 Å². The van der Waals surface area contributed by atoms with E-state index in [4.69, 9.17) is 18.5 Å². The van der Waals surface area contributed by atoms with Crippen molar-refractivity contribution in [3.8, 4) is 0 Å². The Bertz CT molecular complexity index is 395. The number of carbonyl (C=O) groups excluding carboxylic acids is 1. The summed E-state index contributed by atoms with van der Waals surface area (Å²) in [6, 6.07) is 0. The molecule has 0 spiro atoms. The molecule has 0 heterocycles. The van der Waals surface area contributed by atoms with Crippen molar-refractivity contribution in [2.45, 2.75) is 71.3 Å². The van der Waals surface area contributed by atoms with Crippen LogP contribution in [0.2, 0.25) is 0 Å². The largest absolute Gasteiger partial charge is 0.472 e. The van der Waals surface area contributed by atoms with Gasteiger partial charge in [-0.3, -0.25) is 13.8 Å². The van der Waals surface area contributed by atoms with E-state index in [1.165, 1.54) is 45.4 Å². The molecule has 0 radical (unpaired) electrons. The number of ether oxygens (including phenoxy) is 2. The summed E-state index contributed by atoms with van der Waals surface area (Å²) in [5, 5.41) is 0.413. The second kappa shape index (κ2) is 17.1. The molecule has 0 aromatic rings. The topological polar surface area (TPSA) is 91.3 Å². The number of phosphoric ester groups is 1. The summed E-state index contributed by atoms with van der Waals surface area (Å²) in [7, 11) is -4.15. The maximum Gasteiger partial charge on any atom is 0.472 e. The molecule has 0 fully saturated rings. The molecule has 0 aromatic heterocycles. The molecular formula is C17H34BrO7P. The van der Waals surface area contributed by atoms with Crippen molar-refractivity contribution in [1.29, 1.82) is 0 Å². The third kappa shape index (κ3) is 17.4. The first-order valence-corrected chi connectivity index (χ1v) is 12.0. The van der Waals surface area contributed by atoms with Gasteiger partial charge in [0.25, 0.3) is 0 Å². The van der Waals surface area contributed by atoms with Gasteiger partial charge in [-0.25, -0.2) is 4.57 Å². The number of hydrogen-bond acceptors (Lipinski definition) is 6. The Labute approximate surface area is 165 Å². The van der Waals surface area contributed by atoms with Crippen LogP contribution in [0, 0.1) is 0 Å². The predicted octanol–water partition coefficient (Wildman–Crippen LogP) is 4.60. The lowest BCUT2D eigenvalue weighted by Gasteiger charge is -2.19. The van der Waals surface area contributed by atoms with Crippen LogP contribution in [-0.4, -0.2) is 48.7 Å². The van der Waals surface area contributed by atoms with Crippen LogP contribution in [0.1, 0.15) is 65.2 Å². The monoisotopic (exact) mass is 460 g/mol. The van der Waals surface area contributed by atoms with Crippen molar-refractivity contribution in [1.82, 2.24) is 0 Å². The van der Waals surface area contributed by atoms with E-state index >= 15 is 0 Å². The van der Waals surface area contributed by atoms with Gasteiger partial charge < -0.3 is 14.4 Å². The van der Waals surface area contributed by atoms with Gasteiger partial charge in [0.2, 0.25) is 0 Å². The van der Waals surface area contributed by atoms with Crippen molar-refractivity contribution in [2.24, 2.45) is 0 Å². The summed E-state index contributed by atoms with van der Waals surface area (Å²) in [5.41, 5.74) is 0. The molecule has 1 N–H and O–H groups in total. The van der Waals surface area contributed by atoms with Gasteiger partial charge in [-0.05, 0) is 6.42 Å². The first-order chi connectivity index (χ1) is 12.4. The number of carbonyl (C=O) groups is 1. The third-order valence-corrected chi connectivity index (χ3v) is 4.84. The van der Waals surface area contributed by atoms with Crippen LogP contribution in [0.3, 0.4) is 0 Å². The summed E-state index contributed by atoms with van der Waals surface area (Å²) in [5.74, 6) is -0.497. The van der Waals surface area contributed by atoms with Crippen molar-refractivity contribution < 1.29 is 32.8 Å². The Hall–Kier alpha value is 0.0200. The van der Waals surface area contributed by atoms with Crippen LogP contribution in [0.5, 0.6) is 0 Å². The number of phosphoric acid groups is 1. The highest BCUT2D eigenvalue weighted by atomic mass is 79.9. The Balaban J connectivity index is 3.87. The summed E-state index contributed by atoms with van der Waals surface area (Å²) in [6.07, 6.45) is 8.92. The smallest absolute Gasteiger partial charge is 0.458 e. The fourth-order valence-electron chi connectivity index (χ4n) is 2.27. The molecule has 7 nitrogen and oxygen atoms in total. The van der Waals surface area contributed by atoms with Gasteiger partial charge in [-0.15, -0.1) is 0 Å². The average molecular weight is 461 g/mol. The van der Waals surface area contributed by atoms with Gasteiger partial charge in [-0.1, -0.05) is 67.8 Å². The predicted molar refractivity (Wildman–Crippen MR) is 105 cm³/mol. The number of halogens is 1. The summed E-state index contributed by atoms with van der Waals surface area (Å²) >= 11 is 3.09. The van der Waals surface area contributed by atoms with Crippen LogP contribution in [0.25, 0.3) is 0 Å². The zero-order valence-electron chi connectivity index (χ0n) is 16.0. The molecule has 0 saturated carbocycles. The highest BCUT2D eigenvalue weighted by Crippen LogP contribution is 2.43. The molecule has 26 heavy (non-hydrogen) atoms. The molecule has 0 aliphatic carbocycles. The van der Waals surface area contributed by atoms with E-state index in [9.17, 15) is 14.3 Å². The lowest BCUT2D eigenvalue weighted by atomic mass is 10.1. The minimum Gasteiger partial charge on any atom is -0.458 e. The van der Waals surface area contributed by atoms with E-state index in [0.717, 1.165) is 12.8 Å². The van der Waals surface area contributed by atoms with E-state index in [-0.39, 0.29) is 19.8 Å². The molecule has 0 rings (SSSR count). The Morgan fingerprint density at radius 1 is 1.00 bits per heavy atom. The molecule has 0 aliphatic rings. The van der Waals surface area contributed by atoms with Crippen molar-refractivity contribution in [2.75, 3.05) is 31.8 Å². The third-order valence-electron chi connectivity index (χ3n) is 3.53. The molecule has 0 aromatic carbocycles. The van der Waals surface area contributed by atoms with Gasteiger partial charge in [0.1, 0.15) is 6.10 Å². The highest BCUT2D eigenvalue weighted by Gasteiger charge is 2.24. The molecule has 0 aliphatic heterocycles. The normalized spacial score (nSPS) is 14.8. The van der Waals surface area contributed by atoms with Crippen LogP contribution >= 0.6 is 23.8 Å². The van der Waals surface area contributed by atoms with Gasteiger partial charge in [-0.2, -0.15) is 0 Å². The molecular weight excluding hydrogens is 427 g/mol. The Morgan fingerprint density at radius 3 is 2.19 bits per heavy atom. The zero-order chi connectivity index (χ0) is 19.7. The lowest BCUT2D eigenvalue weighted by Crippen LogP contribution is -2.27. The van der Waals surface area contributed by atoms with E-state index in [1.54, 1.807) is 0 Å². The molecule has 156 valence electrons. The minimum atomic E-state index is -4.15. The van der Waals surface area contributed by atoms with Crippen molar-refractivity contribution in [3.63, 3.8) is 0 Å². The first kappa shape index (κ1) is 26.0. The SMILES string of the molecule is CCCCCCCCCCOC[C@H](COP(=O)(O)OCCBr)OC(C)=O. The first-order valence-electron chi connectivity index (χ1n) is 9.34. The molecule has 1 unspecified atom stereocenters. The Morgan fingerprint density at radius 2 is 1.62 bits per heavy atom. The number of unbranched alkanes of at least 4 members (excludes halogenated alkanes) is 7. The van der Waals surface area contributed by atoms with Gasteiger partial charge >= 0.3 is 13.8 Å². The lowest BCUT2D eigenvalue weighted by molar-refractivity contribution is -0.151. The van der Waals surface area contributed by atoms with Crippen LogP contribution in [0.4, 0.5) is 0 Å². The van der Waals surface area contributed by atoms with Crippen molar-refractivity contribution >= 4 is 29.7 Å². The minimum absolute atomic E-state index is 0.0426. The maximum atomic E-state index is 11.6. The molecule has 9 heteroatoms. The summed E-state index contributed by atoms with van der Waals surface area (Å²) in [6.45, 7) is 3.94. The number of hydrogen-bond donors (Lipinski definition) is 1.